The SMILES string of the molecule is CC(C)(C)CC(=O)NCc1ccc(C(F)(F)F)cc1Cl. The molecule has 1 rings (SSSR count). The normalized spacial score (nSPS) is 12.3. The molecule has 20 heavy (non-hydrogen) atoms. The lowest BCUT2D eigenvalue weighted by atomic mass is 9.92. The van der Waals surface area contributed by atoms with Gasteiger partial charge in [-0.3, -0.25) is 4.79 Å². The van der Waals surface area contributed by atoms with E-state index in [2.05, 4.69) is 5.32 Å². The number of amides is 1. The molecule has 112 valence electrons. The monoisotopic (exact) mass is 307 g/mol. The standard InChI is InChI=1S/C14H17ClF3NO/c1-13(2,3)7-12(20)19-8-9-4-5-10(6-11(9)15)14(16,17)18/h4-6H,7-8H2,1-3H3,(H,19,20). The Balaban J connectivity index is 2.68. The van der Waals surface area contributed by atoms with Crippen molar-refractivity contribution >= 4 is 17.5 Å². The van der Waals surface area contributed by atoms with Crippen LogP contribution >= 0.6 is 11.6 Å². The first-order chi connectivity index (χ1) is 8.99. The van der Waals surface area contributed by atoms with Gasteiger partial charge in [-0.15, -0.1) is 0 Å². The molecule has 0 saturated carbocycles. The molecule has 0 aliphatic carbocycles. The molecule has 0 spiro atoms. The van der Waals surface area contributed by atoms with E-state index in [0.717, 1.165) is 12.1 Å². The first kappa shape index (κ1) is 16.8. The summed E-state index contributed by atoms with van der Waals surface area (Å²) in [6.07, 6.45) is -4.08. The van der Waals surface area contributed by atoms with Gasteiger partial charge in [-0.1, -0.05) is 38.4 Å². The van der Waals surface area contributed by atoms with Gasteiger partial charge in [-0.05, 0) is 23.1 Å². The Morgan fingerprint density at radius 3 is 2.30 bits per heavy atom. The van der Waals surface area contributed by atoms with E-state index in [-0.39, 0.29) is 22.9 Å². The average molecular weight is 308 g/mol. The quantitative estimate of drug-likeness (QED) is 0.880. The third kappa shape index (κ3) is 5.41. The van der Waals surface area contributed by atoms with Gasteiger partial charge in [0.15, 0.2) is 0 Å². The number of carbonyl (C=O) groups is 1. The van der Waals surface area contributed by atoms with Gasteiger partial charge in [0.1, 0.15) is 0 Å². The second-order valence-electron chi connectivity index (χ2n) is 5.82. The second-order valence-corrected chi connectivity index (χ2v) is 6.23. The fourth-order valence-corrected chi connectivity index (χ4v) is 1.85. The molecular weight excluding hydrogens is 291 g/mol. The molecule has 0 unspecified atom stereocenters. The van der Waals surface area contributed by atoms with Gasteiger partial charge < -0.3 is 5.32 Å². The lowest BCUT2D eigenvalue weighted by Gasteiger charge is -2.17. The van der Waals surface area contributed by atoms with E-state index in [1.807, 2.05) is 20.8 Å². The first-order valence-corrected chi connectivity index (χ1v) is 6.49. The fraction of sp³-hybridized carbons (Fsp3) is 0.500. The predicted octanol–water partition coefficient (Wildman–Crippen LogP) is 4.41. The molecule has 0 aliphatic rings. The van der Waals surface area contributed by atoms with Crippen LogP contribution in [-0.2, 0) is 17.5 Å². The summed E-state index contributed by atoms with van der Waals surface area (Å²) in [6, 6.07) is 3.10. The molecule has 0 heterocycles. The minimum Gasteiger partial charge on any atom is -0.352 e. The molecule has 1 amide bonds. The van der Waals surface area contributed by atoms with Crippen LogP contribution in [0, 0.1) is 5.41 Å². The van der Waals surface area contributed by atoms with Crippen LogP contribution in [0.4, 0.5) is 13.2 Å². The van der Waals surface area contributed by atoms with Crippen LogP contribution in [0.5, 0.6) is 0 Å². The van der Waals surface area contributed by atoms with Crippen molar-refractivity contribution < 1.29 is 18.0 Å². The van der Waals surface area contributed by atoms with E-state index >= 15 is 0 Å². The molecule has 1 aromatic rings. The van der Waals surface area contributed by atoms with E-state index in [4.69, 9.17) is 11.6 Å². The average Bonchev–Trinajstić information content (AvgIpc) is 2.23. The second kappa shape index (κ2) is 6.04. The van der Waals surface area contributed by atoms with Crippen LogP contribution in [0.3, 0.4) is 0 Å². The van der Waals surface area contributed by atoms with Gasteiger partial charge in [0.25, 0.3) is 0 Å². The highest BCUT2D eigenvalue weighted by Crippen LogP contribution is 2.32. The molecule has 6 heteroatoms. The number of halogens is 4. The number of rotatable bonds is 3. The number of benzene rings is 1. The van der Waals surface area contributed by atoms with Crippen LogP contribution in [0.2, 0.25) is 5.02 Å². The van der Waals surface area contributed by atoms with Crippen LogP contribution < -0.4 is 5.32 Å². The molecule has 2 nitrogen and oxygen atoms in total. The Labute approximate surface area is 121 Å². The molecule has 0 atom stereocenters. The minimum atomic E-state index is -4.42. The van der Waals surface area contributed by atoms with E-state index in [0.29, 0.717) is 12.0 Å². The maximum Gasteiger partial charge on any atom is 0.416 e. The Morgan fingerprint density at radius 1 is 1.25 bits per heavy atom. The Hall–Kier alpha value is -1.23. The van der Waals surface area contributed by atoms with Crippen LogP contribution in [0.1, 0.15) is 38.3 Å². The summed E-state index contributed by atoms with van der Waals surface area (Å²) < 4.78 is 37.4. The third-order valence-corrected chi connectivity index (χ3v) is 2.90. The Bertz CT molecular complexity index is 492. The molecular formula is C14H17ClF3NO. The maximum atomic E-state index is 12.5. The van der Waals surface area contributed by atoms with E-state index in [1.54, 1.807) is 0 Å². The van der Waals surface area contributed by atoms with Crippen LogP contribution in [-0.4, -0.2) is 5.91 Å². The zero-order valence-electron chi connectivity index (χ0n) is 11.6. The maximum absolute atomic E-state index is 12.5. The molecule has 0 saturated heterocycles. The van der Waals surface area contributed by atoms with Gasteiger partial charge in [0.2, 0.25) is 5.91 Å². The van der Waals surface area contributed by atoms with Gasteiger partial charge in [-0.2, -0.15) is 13.2 Å². The van der Waals surface area contributed by atoms with Crippen molar-refractivity contribution in [1.82, 2.24) is 5.32 Å². The van der Waals surface area contributed by atoms with E-state index < -0.39 is 11.7 Å². The van der Waals surface area contributed by atoms with Gasteiger partial charge in [-0.25, -0.2) is 0 Å². The largest absolute Gasteiger partial charge is 0.416 e. The minimum absolute atomic E-state index is 0.00381. The number of alkyl halides is 3. The van der Waals surface area contributed by atoms with Crippen LogP contribution in [0.15, 0.2) is 18.2 Å². The number of carbonyl (C=O) groups excluding carboxylic acids is 1. The lowest BCUT2D eigenvalue weighted by molar-refractivity contribution is -0.137. The highest BCUT2D eigenvalue weighted by atomic mass is 35.5. The summed E-state index contributed by atoms with van der Waals surface area (Å²) in [6.45, 7) is 5.90. The topological polar surface area (TPSA) is 29.1 Å². The Morgan fingerprint density at radius 2 is 1.85 bits per heavy atom. The summed E-state index contributed by atoms with van der Waals surface area (Å²) in [5.74, 6) is -0.159. The summed E-state index contributed by atoms with van der Waals surface area (Å²) >= 11 is 5.80. The predicted molar refractivity (Wildman–Crippen MR) is 72.4 cm³/mol. The highest BCUT2D eigenvalue weighted by Gasteiger charge is 2.30. The van der Waals surface area contributed by atoms with E-state index in [1.165, 1.54) is 6.07 Å². The smallest absolute Gasteiger partial charge is 0.352 e. The zero-order valence-corrected chi connectivity index (χ0v) is 12.3. The molecule has 0 fully saturated rings. The van der Waals surface area contributed by atoms with Gasteiger partial charge in [0, 0.05) is 18.0 Å². The van der Waals surface area contributed by atoms with Crippen molar-refractivity contribution in [3.63, 3.8) is 0 Å². The van der Waals surface area contributed by atoms with Crippen molar-refractivity contribution in [2.24, 2.45) is 5.41 Å². The number of nitrogens with one attached hydrogen (secondary N) is 1. The van der Waals surface area contributed by atoms with Crippen molar-refractivity contribution in [3.8, 4) is 0 Å². The third-order valence-electron chi connectivity index (χ3n) is 2.55. The Kier molecular flexibility index (Phi) is 5.08. The molecule has 1 N–H and O–H groups in total. The molecule has 0 bridgehead atoms. The van der Waals surface area contributed by atoms with Crippen LogP contribution in [0.25, 0.3) is 0 Å². The summed E-state index contributed by atoms with van der Waals surface area (Å²) in [5, 5.41) is 2.65. The zero-order chi connectivity index (χ0) is 15.6. The van der Waals surface area contributed by atoms with Crippen molar-refractivity contribution in [2.75, 3.05) is 0 Å². The van der Waals surface area contributed by atoms with Gasteiger partial charge in [0.05, 0.1) is 5.56 Å². The van der Waals surface area contributed by atoms with Crippen molar-refractivity contribution in [3.05, 3.63) is 34.3 Å². The lowest BCUT2D eigenvalue weighted by Crippen LogP contribution is -2.27. The van der Waals surface area contributed by atoms with Crippen molar-refractivity contribution in [2.45, 2.75) is 39.9 Å². The molecule has 0 aliphatic heterocycles. The summed E-state index contributed by atoms with van der Waals surface area (Å²) in [4.78, 5) is 11.6. The van der Waals surface area contributed by atoms with Gasteiger partial charge >= 0.3 is 6.18 Å². The fourth-order valence-electron chi connectivity index (χ4n) is 1.60. The highest BCUT2D eigenvalue weighted by molar-refractivity contribution is 6.31. The molecule has 0 aromatic heterocycles. The number of hydrogen-bond acceptors (Lipinski definition) is 1. The number of hydrogen-bond donors (Lipinski definition) is 1. The van der Waals surface area contributed by atoms with Crippen molar-refractivity contribution in [1.29, 1.82) is 0 Å². The van der Waals surface area contributed by atoms with E-state index in [9.17, 15) is 18.0 Å². The summed E-state index contributed by atoms with van der Waals surface area (Å²) in [7, 11) is 0. The molecule has 1 aromatic carbocycles. The first-order valence-electron chi connectivity index (χ1n) is 6.11. The molecule has 0 radical (unpaired) electrons. The summed E-state index contributed by atoms with van der Waals surface area (Å²) in [5.41, 5.74) is -0.484.